The van der Waals surface area contributed by atoms with Crippen LogP contribution in [-0.4, -0.2) is 10.5 Å². The number of amides is 1. The molecule has 6 heteroatoms. The van der Waals surface area contributed by atoms with E-state index >= 15 is 0 Å². The van der Waals surface area contributed by atoms with E-state index in [0.29, 0.717) is 22.6 Å². The van der Waals surface area contributed by atoms with Gasteiger partial charge in [0.05, 0.1) is 11.3 Å². The number of hydrogen-bond donors (Lipinski definition) is 3. The minimum absolute atomic E-state index is 0.148. The van der Waals surface area contributed by atoms with Gasteiger partial charge in [0.2, 0.25) is 5.56 Å². The summed E-state index contributed by atoms with van der Waals surface area (Å²) in [5.74, 6) is -0.351. The van der Waals surface area contributed by atoms with Crippen LogP contribution in [0.3, 0.4) is 0 Å². The maximum absolute atomic E-state index is 12.0. The fourth-order valence-electron chi connectivity index (χ4n) is 1.65. The minimum atomic E-state index is -0.351. The molecule has 0 aliphatic rings. The van der Waals surface area contributed by atoms with Gasteiger partial charge in [-0.15, -0.1) is 0 Å². The Kier molecular flexibility index (Phi) is 3.24. The zero-order valence-electron chi connectivity index (χ0n) is 10.4. The Morgan fingerprint density at radius 1 is 1.21 bits per heavy atom. The van der Waals surface area contributed by atoms with Gasteiger partial charge in [0.25, 0.3) is 5.91 Å². The molecular weight excluding hydrogens is 244 g/mol. The molecule has 0 saturated carbocycles. The summed E-state index contributed by atoms with van der Waals surface area (Å²) in [5, 5.41) is 2.67. The van der Waals surface area contributed by atoms with Gasteiger partial charge in [0, 0.05) is 30.7 Å². The first-order valence-electron chi connectivity index (χ1n) is 5.60. The summed E-state index contributed by atoms with van der Waals surface area (Å²) in [6.07, 6.45) is 1.54. The lowest BCUT2D eigenvalue weighted by Gasteiger charge is -2.08. The topological polar surface area (TPSA) is 103 Å². The molecule has 0 aliphatic heterocycles. The summed E-state index contributed by atoms with van der Waals surface area (Å²) < 4.78 is 1.38. The highest BCUT2D eigenvalue weighted by molar-refractivity contribution is 6.07. The number of carbonyl (C=O) groups excluding carboxylic acids is 1. The van der Waals surface area contributed by atoms with Crippen molar-refractivity contribution in [2.75, 3.05) is 16.8 Å². The number of benzene rings is 1. The third kappa shape index (κ3) is 2.74. The van der Waals surface area contributed by atoms with Gasteiger partial charge >= 0.3 is 0 Å². The third-order valence-corrected chi connectivity index (χ3v) is 2.66. The third-order valence-electron chi connectivity index (χ3n) is 2.66. The smallest absolute Gasteiger partial charge is 0.257 e. The van der Waals surface area contributed by atoms with Crippen LogP contribution in [0, 0.1) is 0 Å². The molecule has 1 heterocycles. The number of hydrogen-bond acceptors (Lipinski definition) is 4. The molecule has 2 rings (SSSR count). The number of pyridine rings is 1. The fourth-order valence-corrected chi connectivity index (χ4v) is 1.65. The van der Waals surface area contributed by atoms with E-state index in [1.165, 1.54) is 29.0 Å². The van der Waals surface area contributed by atoms with Crippen LogP contribution in [0.1, 0.15) is 10.4 Å². The van der Waals surface area contributed by atoms with Crippen LogP contribution >= 0.6 is 0 Å². The van der Waals surface area contributed by atoms with E-state index in [-0.39, 0.29) is 11.5 Å². The van der Waals surface area contributed by atoms with Crippen molar-refractivity contribution in [3.63, 3.8) is 0 Å². The quantitative estimate of drug-likeness (QED) is 0.693. The molecule has 0 spiro atoms. The summed E-state index contributed by atoms with van der Waals surface area (Å²) >= 11 is 0. The lowest BCUT2D eigenvalue weighted by molar-refractivity contribution is 0.102. The Balaban J connectivity index is 2.25. The van der Waals surface area contributed by atoms with Crippen molar-refractivity contribution in [1.29, 1.82) is 0 Å². The second-order valence-corrected chi connectivity index (χ2v) is 4.17. The number of rotatable bonds is 2. The standard InChI is InChI=1S/C13H14N4O2/c1-17-7-9(3-5-12(17)18)16-13(19)10-4-2-8(14)6-11(10)15/h2-7H,14-15H2,1H3,(H,16,19). The maximum Gasteiger partial charge on any atom is 0.257 e. The molecule has 1 amide bonds. The number of nitrogen functional groups attached to an aromatic ring is 2. The number of aryl methyl sites for hydroxylation is 1. The van der Waals surface area contributed by atoms with Crippen LogP contribution in [0.4, 0.5) is 17.1 Å². The second-order valence-electron chi connectivity index (χ2n) is 4.17. The number of anilines is 3. The zero-order valence-corrected chi connectivity index (χ0v) is 10.4. The first-order valence-corrected chi connectivity index (χ1v) is 5.60. The van der Waals surface area contributed by atoms with Crippen molar-refractivity contribution in [2.45, 2.75) is 0 Å². The lowest BCUT2D eigenvalue weighted by Crippen LogP contribution is -2.18. The molecule has 1 aromatic heterocycles. The van der Waals surface area contributed by atoms with Gasteiger partial charge in [0.15, 0.2) is 0 Å². The highest BCUT2D eigenvalue weighted by Crippen LogP contribution is 2.17. The van der Waals surface area contributed by atoms with Gasteiger partial charge in [-0.05, 0) is 24.3 Å². The SMILES string of the molecule is Cn1cc(NC(=O)c2ccc(N)cc2N)ccc1=O. The lowest BCUT2D eigenvalue weighted by atomic mass is 10.1. The monoisotopic (exact) mass is 258 g/mol. The van der Waals surface area contributed by atoms with Crippen LogP contribution in [0.5, 0.6) is 0 Å². The van der Waals surface area contributed by atoms with E-state index in [9.17, 15) is 9.59 Å². The summed E-state index contributed by atoms with van der Waals surface area (Å²) in [5.41, 5.74) is 12.8. The highest BCUT2D eigenvalue weighted by Gasteiger charge is 2.10. The molecule has 1 aromatic carbocycles. The average Bonchev–Trinajstić information content (AvgIpc) is 2.33. The first-order chi connectivity index (χ1) is 8.97. The Morgan fingerprint density at radius 2 is 1.95 bits per heavy atom. The van der Waals surface area contributed by atoms with Crippen LogP contribution in [-0.2, 0) is 7.05 Å². The Morgan fingerprint density at radius 3 is 2.58 bits per heavy atom. The van der Waals surface area contributed by atoms with Gasteiger partial charge in [0.1, 0.15) is 0 Å². The Labute approximate surface area is 109 Å². The summed E-state index contributed by atoms with van der Waals surface area (Å²) in [4.78, 5) is 23.3. The molecule has 0 unspecified atom stereocenters. The molecule has 6 nitrogen and oxygen atoms in total. The predicted molar refractivity (Wildman–Crippen MR) is 74.9 cm³/mol. The van der Waals surface area contributed by atoms with E-state index in [4.69, 9.17) is 11.5 Å². The number of nitrogens with one attached hydrogen (secondary N) is 1. The largest absolute Gasteiger partial charge is 0.399 e. The summed E-state index contributed by atoms with van der Waals surface area (Å²) in [7, 11) is 1.61. The van der Waals surface area contributed by atoms with Crippen molar-refractivity contribution in [3.8, 4) is 0 Å². The van der Waals surface area contributed by atoms with Crippen LogP contribution in [0.2, 0.25) is 0 Å². The summed E-state index contributed by atoms with van der Waals surface area (Å²) in [6.45, 7) is 0. The van der Waals surface area contributed by atoms with Crippen molar-refractivity contribution in [1.82, 2.24) is 4.57 Å². The molecule has 0 radical (unpaired) electrons. The molecule has 2 aromatic rings. The molecule has 0 bridgehead atoms. The maximum atomic E-state index is 12.0. The van der Waals surface area contributed by atoms with Crippen LogP contribution in [0.25, 0.3) is 0 Å². The number of carbonyl (C=O) groups is 1. The minimum Gasteiger partial charge on any atom is -0.399 e. The second kappa shape index (κ2) is 4.85. The Bertz CT molecular complexity index is 691. The molecule has 19 heavy (non-hydrogen) atoms. The van der Waals surface area contributed by atoms with Crippen molar-refractivity contribution in [2.24, 2.45) is 7.05 Å². The molecule has 0 saturated heterocycles. The van der Waals surface area contributed by atoms with Crippen molar-refractivity contribution >= 4 is 23.0 Å². The number of nitrogens with zero attached hydrogens (tertiary/aromatic N) is 1. The zero-order chi connectivity index (χ0) is 14.0. The van der Waals surface area contributed by atoms with E-state index in [1.54, 1.807) is 19.2 Å². The van der Waals surface area contributed by atoms with E-state index in [2.05, 4.69) is 5.32 Å². The van der Waals surface area contributed by atoms with Crippen LogP contribution in [0.15, 0.2) is 41.3 Å². The van der Waals surface area contributed by atoms with Gasteiger partial charge in [-0.1, -0.05) is 0 Å². The van der Waals surface area contributed by atoms with Gasteiger partial charge < -0.3 is 21.4 Å². The normalized spacial score (nSPS) is 10.2. The average molecular weight is 258 g/mol. The van der Waals surface area contributed by atoms with Gasteiger partial charge in [-0.25, -0.2) is 0 Å². The van der Waals surface area contributed by atoms with Gasteiger partial charge in [-0.3, -0.25) is 9.59 Å². The molecule has 0 fully saturated rings. The van der Waals surface area contributed by atoms with Gasteiger partial charge in [-0.2, -0.15) is 0 Å². The van der Waals surface area contributed by atoms with E-state index < -0.39 is 0 Å². The molecular formula is C13H14N4O2. The first kappa shape index (κ1) is 12.7. The molecule has 5 N–H and O–H groups in total. The van der Waals surface area contributed by atoms with Crippen molar-refractivity contribution in [3.05, 3.63) is 52.4 Å². The predicted octanol–water partition coefficient (Wildman–Crippen LogP) is 0.802. The van der Waals surface area contributed by atoms with E-state index in [0.717, 1.165) is 0 Å². The fraction of sp³-hybridized carbons (Fsp3) is 0.0769. The molecule has 98 valence electrons. The van der Waals surface area contributed by atoms with Crippen LogP contribution < -0.4 is 22.3 Å². The summed E-state index contributed by atoms with van der Waals surface area (Å²) in [6, 6.07) is 7.60. The van der Waals surface area contributed by atoms with E-state index in [1.807, 2.05) is 0 Å². The number of nitrogens with two attached hydrogens (primary N) is 2. The van der Waals surface area contributed by atoms with Crippen molar-refractivity contribution < 1.29 is 4.79 Å². The number of aromatic nitrogens is 1. The molecule has 0 atom stereocenters. The molecule has 0 aliphatic carbocycles. The Hall–Kier alpha value is -2.76. The highest BCUT2D eigenvalue weighted by atomic mass is 16.1.